The molecule has 0 heterocycles. The summed E-state index contributed by atoms with van der Waals surface area (Å²) in [5, 5.41) is 3.03. The van der Waals surface area contributed by atoms with Crippen LogP contribution in [0.15, 0.2) is 24.3 Å². The van der Waals surface area contributed by atoms with Crippen LogP contribution in [0.25, 0.3) is 0 Å². The van der Waals surface area contributed by atoms with E-state index in [9.17, 15) is 8.42 Å². The van der Waals surface area contributed by atoms with Gasteiger partial charge in [-0.2, -0.15) is 0 Å². The second-order valence-corrected chi connectivity index (χ2v) is 5.24. The van der Waals surface area contributed by atoms with Crippen molar-refractivity contribution in [1.82, 2.24) is 10.0 Å². The minimum atomic E-state index is -3.16. The average molecular weight is 228 g/mol. The summed E-state index contributed by atoms with van der Waals surface area (Å²) in [6.07, 6.45) is 0. The van der Waals surface area contributed by atoms with E-state index in [4.69, 9.17) is 0 Å². The molecule has 0 saturated carbocycles. The molecule has 0 spiro atoms. The minimum absolute atomic E-state index is 0.0311. The summed E-state index contributed by atoms with van der Waals surface area (Å²) in [6, 6.07) is 7.52. The van der Waals surface area contributed by atoms with Crippen molar-refractivity contribution >= 4 is 10.0 Å². The molecule has 1 aromatic rings. The van der Waals surface area contributed by atoms with Gasteiger partial charge in [-0.15, -0.1) is 0 Å². The van der Waals surface area contributed by atoms with Crippen molar-refractivity contribution in [3.05, 3.63) is 35.4 Å². The second-order valence-electron chi connectivity index (χ2n) is 3.31. The maximum absolute atomic E-state index is 11.3. The third-order valence-corrected chi connectivity index (χ3v) is 3.41. The molecule has 0 bridgehead atoms. The SMILES string of the molecule is CNCc1ccc(CS(=O)(=O)NC)cc1. The molecule has 0 radical (unpaired) electrons. The van der Waals surface area contributed by atoms with Crippen molar-refractivity contribution in [1.29, 1.82) is 0 Å². The molecule has 0 aliphatic heterocycles. The lowest BCUT2D eigenvalue weighted by molar-refractivity contribution is 0.587. The number of hydrogen-bond donors (Lipinski definition) is 2. The van der Waals surface area contributed by atoms with E-state index < -0.39 is 10.0 Å². The van der Waals surface area contributed by atoms with Crippen molar-refractivity contribution in [2.45, 2.75) is 12.3 Å². The van der Waals surface area contributed by atoms with Gasteiger partial charge in [-0.05, 0) is 25.2 Å². The zero-order valence-electron chi connectivity index (χ0n) is 8.95. The van der Waals surface area contributed by atoms with Gasteiger partial charge in [0.25, 0.3) is 0 Å². The number of sulfonamides is 1. The fraction of sp³-hybridized carbons (Fsp3) is 0.400. The Kier molecular flexibility index (Phi) is 4.26. The average Bonchev–Trinajstić information content (AvgIpc) is 2.21. The van der Waals surface area contributed by atoms with Crippen LogP contribution in [0, 0.1) is 0 Å². The van der Waals surface area contributed by atoms with E-state index in [1.807, 2.05) is 31.3 Å². The molecule has 0 atom stereocenters. The highest BCUT2D eigenvalue weighted by molar-refractivity contribution is 7.88. The zero-order valence-corrected chi connectivity index (χ0v) is 9.76. The van der Waals surface area contributed by atoms with Gasteiger partial charge in [-0.1, -0.05) is 24.3 Å². The molecular weight excluding hydrogens is 212 g/mol. The van der Waals surface area contributed by atoms with Gasteiger partial charge in [0, 0.05) is 6.54 Å². The molecule has 0 fully saturated rings. The summed E-state index contributed by atoms with van der Waals surface area (Å²) < 4.78 is 24.8. The standard InChI is InChI=1S/C10H16N2O2S/c1-11-7-9-3-5-10(6-4-9)8-15(13,14)12-2/h3-6,11-12H,7-8H2,1-2H3. The summed E-state index contributed by atoms with van der Waals surface area (Å²) >= 11 is 0. The lowest BCUT2D eigenvalue weighted by Gasteiger charge is -2.04. The number of rotatable bonds is 5. The largest absolute Gasteiger partial charge is 0.316 e. The third-order valence-electron chi connectivity index (χ3n) is 2.07. The molecule has 0 unspecified atom stereocenters. The molecule has 0 aliphatic carbocycles. The fourth-order valence-corrected chi connectivity index (χ4v) is 2.02. The first-order chi connectivity index (χ1) is 7.07. The molecule has 4 nitrogen and oxygen atoms in total. The number of benzene rings is 1. The van der Waals surface area contributed by atoms with Crippen LogP contribution in [0.3, 0.4) is 0 Å². The summed E-state index contributed by atoms with van der Waals surface area (Å²) in [7, 11) is 0.132. The molecule has 2 N–H and O–H groups in total. The van der Waals surface area contributed by atoms with Crippen LogP contribution in [0.1, 0.15) is 11.1 Å². The van der Waals surface area contributed by atoms with Crippen LogP contribution in [-0.2, 0) is 22.3 Å². The Balaban J connectivity index is 2.73. The summed E-state index contributed by atoms with van der Waals surface area (Å²) in [4.78, 5) is 0. The highest BCUT2D eigenvalue weighted by atomic mass is 32.2. The second kappa shape index (κ2) is 5.25. The monoisotopic (exact) mass is 228 g/mol. The van der Waals surface area contributed by atoms with Crippen molar-refractivity contribution in [2.75, 3.05) is 14.1 Å². The molecule has 0 saturated heterocycles. The first-order valence-corrected chi connectivity index (χ1v) is 6.36. The highest BCUT2D eigenvalue weighted by Crippen LogP contribution is 2.07. The molecule has 15 heavy (non-hydrogen) atoms. The Labute approximate surface area is 90.8 Å². The Bertz CT molecular complexity index is 398. The zero-order chi connectivity index (χ0) is 11.3. The quantitative estimate of drug-likeness (QED) is 0.769. The van der Waals surface area contributed by atoms with Gasteiger partial charge in [0.2, 0.25) is 10.0 Å². The van der Waals surface area contributed by atoms with Crippen molar-refractivity contribution in [3.8, 4) is 0 Å². The van der Waals surface area contributed by atoms with E-state index in [0.717, 1.165) is 17.7 Å². The van der Waals surface area contributed by atoms with Crippen LogP contribution in [-0.4, -0.2) is 22.5 Å². The predicted octanol–water partition coefficient (Wildman–Crippen LogP) is 0.455. The Hall–Kier alpha value is -0.910. The minimum Gasteiger partial charge on any atom is -0.316 e. The maximum Gasteiger partial charge on any atom is 0.215 e. The van der Waals surface area contributed by atoms with Crippen LogP contribution in [0.5, 0.6) is 0 Å². The van der Waals surface area contributed by atoms with Gasteiger partial charge in [-0.25, -0.2) is 13.1 Å². The van der Waals surface area contributed by atoms with Crippen LogP contribution >= 0.6 is 0 Å². The molecular formula is C10H16N2O2S. The van der Waals surface area contributed by atoms with E-state index in [-0.39, 0.29) is 5.75 Å². The smallest absolute Gasteiger partial charge is 0.215 e. The normalized spacial score (nSPS) is 11.6. The summed E-state index contributed by atoms with van der Waals surface area (Å²) in [5.41, 5.74) is 1.94. The van der Waals surface area contributed by atoms with E-state index in [0.29, 0.717) is 0 Å². The maximum atomic E-state index is 11.3. The van der Waals surface area contributed by atoms with Gasteiger partial charge in [0.1, 0.15) is 0 Å². The molecule has 5 heteroatoms. The lowest BCUT2D eigenvalue weighted by Crippen LogP contribution is -2.20. The van der Waals surface area contributed by atoms with E-state index in [1.165, 1.54) is 7.05 Å². The molecule has 0 aliphatic rings. The Morgan fingerprint density at radius 1 is 1.07 bits per heavy atom. The van der Waals surface area contributed by atoms with Crippen molar-refractivity contribution in [3.63, 3.8) is 0 Å². The van der Waals surface area contributed by atoms with Gasteiger partial charge in [0.05, 0.1) is 5.75 Å². The van der Waals surface area contributed by atoms with E-state index in [1.54, 1.807) is 0 Å². The molecule has 1 rings (SSSR count). The third kappa shape index (κ3) is 3.99. The van der Waals surface area contributed by atoms with Gasteiger partial charge < -0.3 is 5.32 Å². The van der Waals surface area contributed by atoms with Gasteiger partial charge >= 0.3 is 0 Å². The number of nitrogens with one attached hydrogen (secondary N) is 2. The van der Waals surface area contributed by atoms with Gasteiger partial charge in [0.15, 0.2) is 0 Å². The van der Waals surface area contributed by atoms with Crippen LogP contribution < -0.4 is 10.0 Å². The molecule has 0 amide bonds. The fourth-order valence-electron chi connectivity index (χ4n) is 1.25. The molecule has 0 aromatic heterocycles. The lowest BCUT2D eigenvalue weighted by atomic mass is 10.1. The molecule has 1 aromatic carbocycles. The van der Waals surface area contributed by atoms with Gasteiger partial charge in [-0.3, -0.25) is 0 Å². The Morgan fingerprint density at radius 2 is 1.60 bits per heavy atom. The highest BCUT2D eigenvalue weighted by Gasteiger charge is 2.07. The van der Waals surface area contributed by atoms with Crippen LogP contribution in [0.2, 0.25) is 0 Å². The number of hydrogen-bond acceptors (Lipinski definition) is 3. The first kappa shape index (κ1) is 12.2. The van der Waals surface area contributed by atoms with Crippen molar-refractivity contribution in [2.24, 2.45) is 0 Å². The van der Waals surface area contributed by atoms with E-state index in [2.05, 4.69) is 10.0 Å². The molecule has 84 valence electrons. The first-order valence-electron chi connectivity index (χ1n) is 4.71. The van der Waals surface area contributed by atoms with E-state index >= 15 is 0 Å². The predicted molar refractivity (Wildman–Crippen MR) is 60.9 cm³/mol. The Morgan fingerprint density at radius 3 is 2.07 bits per heavy atom. The van der Waals surface area contributed by atoms with Crippen LogP contribution in [0.4, 0.5) is 0 Å². The summed E-state index contributed by atoms with van der Waals surface area (Å²) in [5.74, 6) is 0.0311. The summed E-state index contributed by atoms with van der Waals surface area (Å²) in [6.45, 7) is 0.791. The topological polar surface area (TPSA) is 58.2 Å². The van der Waals surface area contributed by atoms with Crippen molar-refractivity contribution < 1.29 is 8.42 Å².